The quantitative estimate of drug-likeness (QED) is 0.835. The Kier molecular flexibility index (Phi) is 5.21. The molecule has 1 aromatic rings. The number of benzene rings is 1. The first kappa shape index (κ1) is 16.6. The molecule has 3 nitrogen and oxygen atoms in total. The van der Waals surface area contributed by atoms with Crippen LogP contribution >= 0.6 is 0 Å². The molecule has 0 N–H and O–H groups in total. The van der Waals surface area contributed by atoms with E-state index in [4.69, 9.17) is 0 Å². The number of allylic oxidation sites excluding steroid dienone is 1. The number of halogens is 3. The van der Waals surface area contributed by atoms with Crippen LogP contribution in [0.5, 0.6) is 0 Å². The highest BCUT2D eigenvalue weighted by Gasteiger charge is 2.26. The fourth-order valence-corrected chi connectivity index (χ4v) is 2.90. The van der Waals surface area contributed by atoms with Gasteiger partial charge in [-0.1, -0.05) is 24.6 Å². The number of hydrogen-bond acceptors (Lipinski definition) is 2. The number of sulfonamides is 1. The molecule has 20 heavy (non-hydrogen) atoms. The third kappa shape index (κ3) is 4.56. The Morgan fingerprint density at radius 2 is 1.75 bits per heavy atom. The van der Waals surface area contributed by atoms with Crippen molar-refractivity contribution in [2.24, 2.45) is 0 Å². The molecule has 112 valence electrons. The zero-order valence-electron chi connectivity index (χ0n) is 11.2. The average molecular weight is 307 g/mol. The van der Waals surface area contributed by atoms with Crippen molar-refractivity contribution >= 4 is 10.0 Å². The fourth-order valence-electron chi connectivity index (χ4n) is 1.51. The lowest BCUT2D eigenvalue weighted by Gasteiger charge is -2.20. The van der Waals surface area contributed by atoms with Gasteiger partial charge in [0.1, 0.15) is 0 Å². The lowest BCUT2D eigenvalue weighted by molar-refractivity contribution is -0.0804. The van der Waals surface area contributed by atoms with Gasteiger partial charge < -0.3 is 0 Å². The van der Waals surface area contributed by atoms with E-state index < -0.39 is 16.2 Å². The van der Waals surface area contributed by atoms with Crippen molar-refractivity contribution in [2.75, 3.05) is 6.54 Å². The van der Waals surface area contributed by atoms with Crippen molar-refractivity contribution in [1.29, 1.82) is 0 Å². The highest BCUT2D eigenvalue weighted by Crippen LogP contribution is 2.20. The normalized spacial score (nSPS) is 12.8. The first-order valence-electron chi connectivity index (χ1n) is 6.01. The van der Waals surface area contributed by atoms with E-state index >= 15 is 0 Å². The number of hydrogen-bond donors (Lipinski definition) is 0. The summed E-state index contributed by atoms with van der Waals surface area (Å²) < 4.78 is 61.8. The van der Waals surface area contributed by atoms with Gasteiger partial charge in [-0.25, -0.2) is 8.42 Å². The van der Waals surface area contributed by atoms with Crippen molar-refractivity contribution in [3.05, 3.63) is 42.1 Å². The maximum Gasteiger partial charge on any atom is 0.411 e. The highest BCUT2D eigenvalue weighted by atomic mass is 32.2. The van der Waals surface area contributed by atoms with Crippen LogP contribution in [0.25, 0.3) is 0 Å². The molecule has 0 saturated carbocycles. The van der Waals surface area contributed by atoms with Crippen molar-refractivity contribution in [3.63, 3.8) is 0 Å². The van der Waals surface area contributed by atoms with E-state index in [1.54, 1.807) is 26.0 Å². The molecule has 1 rings (SSSR count). The number of alkyl halides is 3. The Morgan fingerprint density at radius 1 is 1.20 bits per heavy atom. The van der Waals surface area contributed by atoms with E-state index in [1.165, 1.54) is 12.1 Å². The Balaban J connectivity index is 3.12. The zero-order valence-corrected chi connectivity index (χ0v) is 12.0. The lowest BCUT2D eigenvalue weighted by Crippen LogP contribution is -2.27. The monoisotopic (exact) mass is 307 g/mol. The molecule has 0 radical (unpaired) electrons. The Hall–Kier alpha value is -1.50. The van der Waals surface area contributed by atoms with Crippen LogP contribution in [0.2, 0.25) is 0 Å². The predicted octanol–water partition coefficient (Wildman–Crippen LogP) is 3.47. The van der Waals surface area contributed by atoms with E-state index in [-0.39, 0.29) is 17.5 Å². The molecule has 7 heteroatoms. The summed E-state index contributed by atoms with van der Waals surface area (Å²) in [4.78, 5) is -0.0247. The molecule has 0 atom stereocenters. The molecule has 0 aliphatic carbocycles. The molecule has 0 bridgehead atoms. The van der Waals surface area contributed by atoms with Crippen LogP contribution in [0, 0.1) is 6.92 Å². The molecule has 0 aliphatic rings. The summed E-state index contributed by atoms with van der Waals surface area (Å²) in [5, 5.41) is 0. The van der Waals surface area contributed by atoms with E-state index in [1.807, 2.05) is 0 Å². The number of nitrogens with zero attached hydrogens (tertiary/aromatic N) is 1. The fraction of sp³-hybridized carbons (Fsp3) is 0.385. The summed E-state index contributed by atoms with van der Waals surface area (Å²) in [5.74, 6) is 0. The van der Waals surface area contributed by atoms with Crippen molar-refractivity contribution in [2.45, 2.75) is 31.3 Å². The second kappa shape index (κ2) is 6.30. The van der Waals surface area contributed by atoms with E-state index in [0.717, 1.165) is 5.56 Å². The van der Waals surface area contributed by atoms with Crippen molar-refractivity contribution < 1.29 is 21.6 Å². The van der Waals surface area contributed by atoms with Gasteiger partial charge in [-0.15, -0.1) is 0 Å². The SMILES string of the molecule is CCCN(/C=C/C(F)(F)F)S(=O)(=O)c1ccc(C)cc1. The van der Waals surface area contributed by atoms with Gasteiger partial charge in [-0.3, -0.25) is 4.31 Å². The number of aryl methyl sites for hydroxylation is 1. The minimum Gasteiger partial charge on any atom is -0.273 e. The summed E-state index contributed by atoms with van der Waals surface area (Å²) in [6, 6.07) is 5.97. The van der Waals surface area contributed by atoms with Crippen LogP contribution < -0.4 is 0 Å². The standard InChI is InChI=1S/C13H16F3NO2S/c1-3-9-17(10-8-13(14,15)16)20(18,19)12-6-4-11(2)5-7-12/h4-8,10H,3,9H2,1-2H3/b10-8+. The van der Waals surface area contributed by atoms with Gasteiger partial charge >= 0.3 is 6.18 Å². The van der Waals surface area contributed by atoms with E-state index in [0.29, 0.717) is 16.9 Å². The molecule has 0 fully saturated rings. The summed E-state index contributed by atoms with van der Waals surface area (Å²) in [7, 11) is -3.96. The third-order valence-electron chi connectivity index (χ3n) is 2.50. The molecule has 0 spiro atoms. The van der Waals surface area contributed by atoms with Gasteiger partial charge in [-0.2, -0.15) is 13.2 Å². The van der Waals surface area contributed by atoms with Crippen molar-refractivity contribution in [3.8, 4) is 0 Å². The minimum atomic E-state index is -4.55. The topological polar surface area (TPSA) is 37.4 Å². The summed E-state index contributed by atoms with van der Waals surface area (Å²) in [6.07, 6.45) is -3.64. The van der Waals surface area contributed by atoms with Gasteiger partial charge in [0.15, 0.2) is 0 Å². The molecular formula is C13H16F3NO2S. The van der Waals surface area contributed by atoms with Crippen LogP contribution in [-0.2, 0) is 10.0 Å². The van der Waals surface area contributed by atoms with Crippen LogP contribution in [0.15, 0.2) is 41.4 Å². The highest BCUT2D eigenvalue weighted by molar-refractivity contribution is 7.89. The predicted molar refractivity (Wildman–Crippen MR) is 70.6 cm³/mol. The largest absolute Gasteiger partial charge is 0.411 e. The molecule has 0 saturated heterocycles. The van der Waals surface area contributed by atoms with E-state index in [2.05, 4.69) is 0 Å². The Bertz CT molecular complexity index is 562. The van der Waals surface area contributed by atoms with Crippen LogP contribution in [0.1, 0.15) is 18.9 Å². The second-order valence-corrected chi connectivity index (χ2v) is 6.18. The van der Waals surface area contributed by atoms with Gasteiger partial charge in [-0.05, 0) is 25.5 Å². The van der Waals surface area contributed by atoms with Gasteiger partial charge in [0.25, 0.3) is 10.0 Å². The van der Waals surface area contributed by atoms with Crippen molar-refractivity contribution in [1.82, 2.24) is 4.31 Å². The summed E-state index contributed by atoms with van der Waals surface area (Å²) >= 11 is 0. The molecule has 1 aromatic carbocycles. The maximum absolute atomic E-state index is 12.3. The smallest absolute Gasteiger partial charge is 0.273 e. The maximum atomic E-state index is 12.3. The molecule has 0 heterocycles. The van der Waals surface area contributed by atoms with Gasteiger partial charge in [0, 0.05) is 18.8 Å². The summed E-state index contributed by atoms with van der Waals surface area (Å²) in [6.45, 7) is 3.48. The van der Waals surface area contributed by atoms with Gasteiger partial charge in [0.2, 0.25) is 0 Å². The number of rotatable bonds is 5. The Labute approximate surface area is 116 Å². The second-order valence-electron chi connectivity index (χ2n) is 4.29. The first-order chi connectivity index (χ1) is 9.16. The minimum absolute atomic E-state index is 0.0111. The lowest BCUT2D eigenvalue weighted by atomic mass is 10.2. The van der Waals surface area contributed by atoms with Crippen LogP contribution in [0.4, 0.5) is 13.2 Å². The summed E-state index contributed by atoms with van der Waals surface area (Å²) in [5.41, 5.74) is 0.872. The first-order valence-corrected chi connectivity index (χ1v) is 7.45. The molecular weight excluding hydrogens is 291 g/mol. The molecule has 0 aromatic heterocycles. The van der Waals surface area contributed by atoms with Crippen LogP contribution in [-0.4, -0.2) is 25.4 Å². The van der Waals surface area contributed by atoms with Crippen LogP contribution in [0.3, 0.4) is 0 Å². The van der Waals surface area contributed by atoms with E-state index in [9.17, 15) is 21.6 Å². The zero-order chi connectivity index (χ0) is 15.4. The molecule has 0 unspecified atom stereocenters. The Morgan fingerprint density at radius 3 is 2.20 bits per heavy atom. The average Bonchev–Trinajstić information content (AvgIpc) is 2.33. The third-order valence-corrected chi connectivity index (χ3v) is 4.29. The molecule has 0 amide bonds. The molecule has 0 aliphatic heterocycles. The van der Waals surface area contributed by atoms with Gasteiger partial charge in [0.05, 0.1) is 4.90 Å².